The second-order valence-electron chi connectivity index (χ2n) is 5.12. The molecule has 94 valence electrons. The molecule has 1 N–H and O–H groups in total. The van der Waals surface area contributed by atoms with Gasteiger partial charge in [0, 0.05) is 13.1 Å². The maximum atomic E-state index is 5.62. The normalized spacial score (nSPS) is 11.2. The Balaban J connectivity index is 2.38. The van der Waals surface area contributed by atoms with Gasteiger partial charge in [0.25, 0.3) is 0 Å². The summed E-state index contributed by atoms with van der Waals surface area (Å²) < 4.78 is 5.62. The van der Waals surface area contributed by atoms with Gasteiger partial charge in [0.15, 0.2) is 0 Å². The monoisotopic (exact) mass is 233 g/mol. The molecule has 0 aromatic heterocycles. The fourth-order valence-electron chi connectivity index (χ4n) is 1.50. The third-order valence-electron chi connectivity index (χ3n) is 2.56. The highest BCUT2D eigenvalue weighted by Gasteiger charge is 2.12. The van der Waals surface area contributed by atoms with E-state index in [0.29, 0.717) is 6.61 Å². The molecule has 0 spiro atoms. The van der Waals surface area contributed by atoms with Crippen molar-refractivity contribution < 1.29 is 4.74 Å². The van der Waals surface area contributed by atoms with Gasteiger partial charge in [0.2, 0.25) is 0 Å². The molecule has 0 unspecified atom stereocenters. The molecule has 0 aliphatic carbocycles. The zero-order chi connectivity index (χ0) is 12.7. The van der Waals surface area contributed by atoms with E-state index in [1.165, 1.54) is 5.56 Å². The van der Waals surface area contributed by atoms with Crippen LogP contribution in [-0.2, 0) is 5.41 Å². The Morgan fingerprint density at radius 2 is 1.88 bits per heavy atom. The van der Waals surface area contributed by atoms with Crippen LogP contribution in [0.4, 0.5) is 0 Å². The van der Waals surface area contributed by atoms with Gasteiger partial charge in [-0.25, -0.2) is 0 Å². The lowest BCUT2D eigenvalue weighted by molar-refractivity contribution is 0.316. The predicted octanol–water partition coefficient (Wildman–Crippen LogP) is 3.14. The van der Waals surface area contributed by atoms with Gasteiger partial charge in [-0.1, -0.05) is 39.0 Å². The molecule has 1 rings (SSSR count). The number of ether oxygens (including phenoxy) is 1. The molecule has 0 radical (unpaired) electrons. The van der Waals surface area contributed by atoms with Crippen LogP contribution in [0.15, 0.2) is 36.9 Å². The molecule has 0 saturated carbocycles. The minimum atomic E-state index is 0.198. The minimum Gasteiger partial charge on any atom is -0.492 e. The molecule has 17 heavy (non-hydrogen) atoms. The van der Waals surface area contributed by atoms with Crippen molar-refractivity contribution >= 4 is 0 Å². The SMILES string of the molecule is C=CCNCCOc1ccc(C(C)(C)C)cc1. The van der Waals surface area contributed by atoms with E-state index >= 15 is 0 Å². The van der Waals surface area contributed by atoms with Gasteiger partial charge in [-0.2, -0.15) is 0 Å². The van der Waals surface area contributed by atoms with Crippen LogP contribution in [0.2, 0.25) is 0 Å². The molecule has 0 fully saturated rings. The first kappa shape index (κ1) is 13.8. The van der Waals surface area contributed by atoms with E-state index in [-0.39, 0.29) is 5.41 Å². The van der Waals surface area contributed by atoms with Crippen molar-refractivity contribution in [3.8, 4) is 5.75 Å². The van der Waals surface area contributed by atoms with Gasteiger partial charge in [0.1, 0.15) is 12.4 Å². The van der Waals surface area contributed by atoms with Crippen LogP contribution in [-0.4, -0.2) is 19.7 Å². The van der Waals surface area contributed by atoms with Gasteiger partial charge in [-0.3, -0.25) is 0 Å². The maximum Gasteiger partial charge on any atom is 0.119 e. The Labute approximate surface area is 105 Å². The van der Waals surface area contributed by atoms with E-state index in [1.807, 2.05) is 18.2 Å². The summed E-state index contributed by atoms with van der Waals surface area (Å²) in [7, 11) is 0. The van der Waals surface area contributed by atoms with Crippen molar-refractivity contribution in [2.45, 2.75) is 26.2 Å². The molecule has 0 heterocycles. The number of benzene rings is 1. The summed E-state index contributed by atoms with van der Waals surface area (Å²) in [4.78, 5) is 0. The summed E-state index contributed by atoms with van der Waals surface area (Å²) >= 11 is 0. The molecule has 0 amide bonds. The quantitative estimate of drug-likeness (QED) is 0.602. The molecule has 1 aromatic rings. The first-order valence-electron chi connectivity index (χ1n) is 6.09. The largest absolute Gasteiger partial charge is 0.492 e. The smallest absolute Gasteiger partial charge is 0.119 e. The molecule has 0 bridgehead atoms. The van der Waals surface area contributed by atoms with Crippen molar-refractivity contribution in [2.24, 2.45) is 0 Å². The lowest BCUT2D eigenvalue weighted by Crippen LogP contribution is -2.20. The summed E-state index contributed by atoms with van der Waals surface area (Å²) in [5.74, 6) is 0.929. The number of hydrogen-bond acceptors (Lipinski definition) is 2. The molecule has 0 aliphatic heterocycles. The molecular weight excluding hydrogens is 210 g/mol. The van der Waals surface area contributed by atoms with Gasteiger partial charge < -0.3 is 10.1 Å². The maximum absolute atomic E-state index is 5.62. The Kier molecular flexibility index (Phi) is 5.23. The van der Waals surface area contributed by atoms with Crippen LogP contribution in [0.25, 0.3) is 0 Å². The average molecular weight is 233 g/mol. The van der Waals surface area contributed by atoms with Crippen LogP contribution < -0.4 is 10.1 Å². The van der Waals surface area contributed by atoms with E-state index in [0.717, 1.165) is 18.8 Å². The highest BCUT2D eigenvalue weighted by molar-refractivity contribution is 5.31. The van der Waals surface area contributed by atoms with Crippen molar-refractivity contribution in [1.82, 2.24) is 5.32 Å². The number of hydrogen-bond donors (Lipinski definition) is 1. The molecule has 0 saturated heterocycles. The highest BCUT2D eigenvalue weighted by Crippen LogP contribution is 2.24. The van der Waals surface area contributed by atoms with Crippen LogP contribution in [0.5, 0.6) is 5.75 Å². The van der Waals surface area contributed by atoms with E-state index in [1.54, 1.807) is 0 Å². The first-order valence-corrected chi connectivity index (χ1v) is 6.09. The third-order valence-corrected chi connectivity index (χ3v) is 2.56. The number of nitrogens with one attached hydrogen (secondary N) is 1. The molecule has 0 aliphatic rings. The fourth-order valence-corrected chi connectivity index (χ4v) is 1.50. The lowest BCUT2D eigenvalue weighted by atomic mass is 9.87. The van der Waals surface area contributed by atoms with Gasteiger partial charge in [-0.15, -0.1) is 6.58 Å². The predicted molar refractivity (Wildman–Crippen MR) is 73.7 cm³/mol. The first-order chi connectivity index (χ1) is 8.04. The van der Waals surface area contributed by atoms with Crippen LogP contribution in [0.1, 0.15) is 26.3 Å². The van der Waals surface area contributed by atoms with E-state index in [9.17, 15) is 0 Å². The van der Waals surface area contributed by atoms with Crippen molar-refractivity contribution in [3.63, 3.8) is 0 Å². The Morgan fingerprint density at radius 1 is 1.24 bits per heavy atom. The second-order valence-corrected chi connectivity index (χ2v) is 5.12. The van der Waals surface area contributed by atoms with Crippen molar-refractivity contribution in [2.75, 3.05) is 19.7 Å². The third kappa shape index (κ3) is 5.05. The van der Waals surface area contributed by atoms with Crippen LogP contribution >= 0.6 is 0 Å². The molecule has 1 aromatic carbocycles. The standard InChI is InChI=1S/C15H23NO/c1-5-10-16-11-12-17-14-8-6-13(7-9-14)15(2,3)4/h5-9,16H,1,10-12H2,2-4H3. The van der Waals surface area contributed by atoms with Gasteiger partial charge in [0.05, 0.1) is 0 Å². The number of rotatable bonds is 6. The Morgan fingerprint density at radius 3 is 2.41 bits per heavy atom. The molecular formula is C15H23NO. The van der Waals surface area contributed by atoms with Crippen LogP contribution in [0, 0.1) is 0 Å². The topological polar surface area (TPSA) is 21.3 Å². The highest BCUT2D eigenvalue weighted by atomic mass is 16.5. The fraction of sp³-hybridized carbons (Fsp3) is 0.467. The van der Waals surface area contributed by atoms with E-state index < -0.39 is 0 Å². The van der Waals surface area contributed by atoms with Crippen molar-refractivity contribution in [1.29, 1.82) is 0 Å². The van der Waals surface area contributed by atoms with Gasteiger partial charge >= 0.3 is 0 Å². The van der Waals surface area contributed by atoms with Gasteiger partial charge in [-0.05, 0) is 23.1 Å². The zero-order valence-corrected chi connectivity index (χ0v) is 11.1. The zero-order valence-electron chi connectivity index (χ0n) is 11.1. The summed E-state index contributed by atoms with van der Waals surface area (Å²) in [6.07, 6.45) is 1.85. The second kappa shape index (κ2) is 6.45. The van der Waals surface area contributed by atoms with Crippen molar-refractivity contribution in [3.05, 3.63) is 42.5 Å². The van der Waals surface area contributed by atoms with Crippen LogP contribution in [0.3, 0.4) is 0 Å². The summed E-state index contributed by atoms with van der Waals surface area (Å²) in [6, 6.07) is 8.33. The summed E-state index contributed by atoms with van der Waals surface area (Å²) in [5, 5.41) is 3.20. The lowest BCUT2D eigenvalue weighted by Gasteiger charge is -2.19. The summed E-state index contributed by atoms with van der Waals surface area (Å²) in [6.45, 7) is 12.6. The summed E-state index contributed by atoms with van der Waals surface area (Å²) in [5.41, 5.74) is 1.53. The molecule has 0 atom stereocenters. The Bertz CT molecular complexity index is 335. The minimum absolute atomic E-state index is 0.198. The molecule has 2 nitrogen and oxygen atoms in total. The molecule has 2 heteroatoms. The van der Waals surface area contributed by atoms with E-state index in [2.05, 4.69) is 44.8 Å². The van der Waals surface area contributed by atoms with E-state index in [4.69, 9.17) is 4.74 Å². The average Bonchev–Trinajstić information content (AvgIpc) is 2.28. The Hall–Kier alpha value is -1.28.